The maximum atomic E-state index is 10.8. The summed E-state index contributed by atoms with van der Waals surface area (Å²) in [4.78, 5) is 7.09. The topological polar surface area (TPSA) is 0 Å². The molecule has 13 heavy (non-hydrogen) atoms. The number of hydrogen-bond donors (Lipinski definition) is 0. The first-order valence-corrected chi connectivity index (χ1v) is 12.7. The Bertz CT molecular complexity index is 113. The van der Waals surface area contributed by atoms with Crippen LogP contribution in [-0.2, 0) is 0 Å². The molecule has 0 aromatic rings. The predicted molar refractivity (Wildman–Crippen MR) is 43.8 cm³/mol. The molecule has 0 aliphatic rings. The van der Waals surface area contributed by atoms with Crippen LogP contribution in [0.2, 0.25) is 14.8 Å². The molecule has 0 unspecified atom stereocenters. The van der Waals surface area contributed by atoms with Crippen LogP contribution in [0.5, 0.6) is 0 Å². The molecule has 0 aliphatic carbocycles. The van der Waals surface area contributed by atoms with Gasteiger partial charge in [-0.25, -0.2) is 0 Å². The summed E-state index contributed by atoms with van der Waals surface area (Å²) in [6.07, 6.45) is 0. The summed E-state index contributed by atoms with van der Waals surface area (Å²) in [5.41, 5.74) is 0. The van der Waals surface area contributed by atoms with Crippen molar-refractivity contribution in [1.82, 2.24) is 0 Å². The molecule has 0 heterocycles. The Hall–Kier alpha value is 0.809. The van der Waals surface area contributed by atoms with Gasteiger partial charge in [-0.3, -0.25) is 0 Å². The molecule has 0 N–H and O–H groups in total. The second kappa shape index (κ2) is 6.32. The van der Waals surface area contributed by atoms with E-state index in [1.807, 2.05) is 0 Å². The first-order valence-electron chi connectivity index (χ1n) is 3.13. The SMILES string of the molecule is FC(F)(F)PC(F)(F)F.[CH3][Sn]([CH3])[CH3]. The Kier molecular flexibility index (Phi) is 7.90. The van der Waals surface area contributed by atoms with Crippen molar-refractivity contribution in [3.05, 3.63) is 0 Å². The maximum absolute atomic E-state index is 10.8. The minimum absolute atomic E-state index is 0.543. The quantitative estimate of drug-likeness (QED) is 0.356. The van der Waals surface area contributed by atoms with Gasteiger partial charge in [0.2, 0.25) is 0 Å². The fourth-order valence-electron chi connectivity index (χ4n) is 0.161. The number of halogens is 6. The summed E-state index contributed by atoms with van der Waals surface area (Å²) in [5, 5.41) is 0. The van der Waals surface area contributed by atoms with Crippen molar-refractivity contribution in [2.45, 2.75) is 26.7 Å². The molecule has 8 heteroatoms. The summed E-state index contributed by atoms with van der Waals surface area (Å²) in [6, 6.07) is 0. The zero-order chi connectivity index (χ0) is 11.3. The van der Waals surface area contributed by atoms with E-state index in [0.717, 1.165) is 0 Å². The monoisotopic (exact) mass is 335 g/mol. The first kappa shape index (κ1) is 16.2. The number of alkyl halides is 6. The molecule has 0 aliphatic heterocycles. The fraction of sp³-hybridized carbons (Fsp3) is 1.00. The van der Waals surface area contributed by atoms with Crippen LogP contribution in [0.1, 0.15) is 0 Å². The molecular formula is C5H10F6PSn. The van der Waals surface area contributed by atoms with E-state index in [0.29, 0.717) is 0 Å². The van der Waals surface area contributed by atoms with Gasteiger partial charge in [0, 0.05) is 0 Å². The van der Waals surface area contributed by atoms with Gasteiger partial charge < -0.3 is 0 Å². The van der Waals surface area contributed by atoms with Crippen LogP contribution in [0.3, 0.4) is 0 Å². The second-order valence-electron chi connectivity index (χ2n) is 2.62. The van der Waals surface area contributed by atoms with E-state index in [1.165, 1.54) is 0 Å². The molecule has 0 amide bonds. The average Bonchev–Trinajstić information content (AvgIpc) is 1.47. The van der Waals surface area contributed by atoms with Crippen LogP contribution in [0.4, 0.5) is 26.3 Å². The van der Waals surface area contributed by atoms with Gasteiger partial charge in [0.25, 0.3) is 0 Å². The van der Waals surface area contributed by atoms with E-state index in [-0.39, 0.29) is 0 Å². The summed E-state index contributed by atoms with van der Waals surface area (Å²) in [6.45, 7) is 0. The Balaban J connectivity index is 0. The molecule has 1 radical (unpaired) electrons. The van der Waals surface area contributed by atoms with Gasteiger partial charge in [0.15, 0.2) is 0 Å². The third-order valence-electron chi connectivity index (χ3n) is 0.283. The number of rotatable bonds is 0. The standard InChI is InChI=1S/C2HF6P.3CH3.Sn/c3-1(4,5)9-2(6,7)8;;;;/h9H;3*1H3;. The van der Waals surface area contributed by atoms with E-state index in [4.69, 9.17) is 0 Å². The van der Waals surface area contributed by atoms with E-state index in [2.05, 4.69) is 14.8 Å². The Morgan fingerprint density at radius 2 is 0.923 bits per heavy atom. The van der Waals surface area contributed by atoms with Crippen LogP contribution >= 0.6 is 8.58 Å². The average molecular weight is 334 g/mol. The number of hydrogen-bond acceptors (Lipinski definition) is 0. The summed E-state index contributed by atoms with van der Waals surface area (Å²) in [5.74, 6) is -10.2. The van der Waals surface area contributed by atoms with Gasteiger partial charge in [0.1, 0.15) is 8.58 Å². The Labute approximate surface area is 81.6 Å². The molecule has 0 saturated heterocycles. The first-order chi connectivity index (χ1) is 5.44. The molecule has 0 nitrogen and oxygen atoms in total. The van der Waals surface area contributed by atoms with Crippen molar-refractivity contribution in [2.75, 3.05) is 0 Å². The minimum atomic E-state index is -5.11. The summed E-state index contributed by atoms with van der Waals surface area (Å²) in [7, 11) is -2.95. The molecule has 0 spiro atoms. The van der Waals surface area contributed by atoms with Gasteiger partial charge in [-0.1, -0.05) is 0 Å². The third kappa shape index (κ3) is 32.3. The van der Waals surface area contributed by atoms with Crippen LogP contribution in [-0.4, -0.2) is 31.6 Å². The Morgan fingerprint density at radius 1 is 0.769 bits per heavy atom. The van der Waals surface area contributed by atoms with E-state index < -0.39 is 40.2 Å². The van der Waals surface area contributed by atoms with Crippen molar-refractivity contribution in [1.29, 1.82) is 0 Å². The van der Waals surface area contributed by atoms with Crippen molar-refractivity contribution in [2.24, 2.45) is 0 Å². The molecule has 81 valence electrons. The summed E-state index contributed by atoms with van der Waals surface area (Å²) >= 11 is -0.543. The van der Waals surface area contributed by atoms with Gasteiger partial charge in [-0.05, 0) is 0 Å². The van der Waals surface area contributed by atoms with Crippen molar-refractivity contribution >= 4 is 28.3 Å². The van der Waals surface area contributed by atoms with E-state index in [1.54, 1.807) is 0 Å². The zero-order valence-electron chi connectivity index (χ0n) is 7.27. The van der Waals surface area contributed by atoms with Crippen LogP contribution in [0.15, 0.2) is 0 Å². The zero-order valence-corrected chi connectivity index (χ0v) is 11.1. The van der Waals surface area contributed by atoms with E-state index in [9.17, 15) is 26.3 Å². The fourth-order valence-corrected chi connectivity index (χ4v) is 0.482. The molecule has 0 fully saturated rings. The molecule has 0 bridgehead atoms. The van der Waals surface area contributed by atoms with Crippen LogP contribution in [0, 0.1) is 0 Å². The molecule has 0 atom stereocenters. The van der Waals surface area contributed by atoms with Crippen molar-refractivity contribution < 1.29 is 26.3 Å². The molecule has 0 rings (SSSR count). The molecular weight excluding hydrogens is 324 g/mol. The summed E-state index contributed by atoms with van der Waals surface area (Å²) < 4.78 is 65.1. The third-order valence-corrected chi connectivity index (χ3v) is 0.850. The molecule has 0 aromatic carbocycles. The van der Waals surface area contributed by atoms with Crippen LogP contribution < -0.4 is 0 Å². The van der Waals surface area contributed by atoms with Gasteiger partial charge in [-0.2, -0.15) is 26.3 Å². The Morgan fingerprint density at radius 3 is 0.923 bits per heavy atom. The van der Waals surface area contributed by atoms with Crippen molar-refractivity contribution in [3.63, 3.8) is 0 Å². The van der Waals surface area contributed by atoms with E-state index >= 15 is 0 Å². The molecule has 0 aromatic heterocycles. The van der Waals surface area contributed by atoms with Gasteiger partial charge in [0.05, 0.1) is 0 Å². The van der Waals surface area contributed by atoms with Crippen LogP contribution in [0.25, 0.3) is 0 Å². The van der Waals surface area contributed by atoms with Gasteiger partial charge in [-0.15, -0.1) is 0 Å². The second-order valence-corrected chi connectivity index (χ2v) is 12.6. The van der Waals surface area contributed by atoms with Gasteiger partial charge >= 0.3 is 46.4 Å². The molecule has 0 saturated carbocycles. The predicted octanol–water partition coefficient (Wildman–Crippen LogP) is 4.08. The normalized spacial score (nSPS) is 12.5. The van der Waals surface area contributed by atoms with Crippen molar-refractivity contribution in [3.8, 4) is 0 Å².